The van der Waals surface area contributed by atoms with Crippen molar-refractivity contribution in [3.8, 4) is 11.5 Å². The van der Waals surface area contributed by atoms with Crippen LogP contribution in [-0.2, 0) is 0 Å². The molecule has 2 aromatic carbocycles. The number of rotatable bonds is 3. The summed E-state index contributed by atoms with van der Waals surface area (Å²) in [5.41, 5.74) is 7.75. The van der Waals surface area contributed by atoms with Gasteiger partial charge < -0.3 is 10.5 Å². The molecular formula is C14H14N2O3. The van der Waals surface area contributed by atoms with E-state index in [2.05, 4.69) is 0 Å². The lowest BCUT2D eigenvalue weighted by Crippen LogP contribution is -1.96. The fourth-order valence-corrected chi connectivity index (χ4v) is 1.82. The van der Waals surface area contributed by atoms with E-state index in [9.17, 15) is 10.1 Å². The molecule has 98 valence electrons. The number of nitro groups is 1. The summed E-state index contributed by atoms with van der Waals surface area (Å²) in [7, 11) is 0. The van der Waals surface area contributed by atoms with Gasteiger partial charge in [-0.15, -0.1) is 0 Å². The highest BCUT2D eigenvalue weighted by atomic mass is 16.6. The molecule has 2 rings (SSSR count). The highest BCUT2D eigenvalue weighted by Crippen LogP contribution is 2.32. The average molecular weight is 258 g/mol. The smallest absolute Gasteiger partial charge is 0.276 e. The Morgan fingerprint density at radius 1 is 1.16 bits per heavy atom. The summed E-state index contributed by atoms with van der Waals surface area (Å²) >= 11 is 0. The number of nitrogens with zero attached hydrogens (tertiary/aromatic N) is 1. The SMILES string of the molecule is Cc1cc(N)ccc1Oc1cccc([N+](=O)[O-])c1C. The van der Waals surface area contributed by atoms with Crippen LogP contribution in [0.4, 0.5) is 11.4 Å². The van der Waals surface area contributed by atoms with E-state index in [1.165, 1.54) is 6.07 Å². The van der Waals surface area contributed by atoms with Gasteiger partial charge in [-0.05, 0) is 43.7 Å². The zero-order valence-corrected chi connectivity index (χ0v) is 10.7. The van der Waals surface area contributed by atoms with Gasteiger partial charge in [0.25, 0.3) is 5.69 Å². The molecule has 0 saturated heterocycles. The summed E-state index contributed by atoms with van der Waals surface area (Å²) in [6, 6.07) is 10.0. The van der Waals surface area contributed by atoms with Crippen LogP contribution in [0.2, 0.25) is 0 Å². The molecule has 0 aliphatic rings. The summed E-state index contributed by atoms with van der Waals surface area (Å²) in [6.07, 6.45) is 0. The van der Waals surface area contributed by atoms with E-state index in [0.29, 0.717) is 22.7 Å². The van der Waals surface area contributed by atoms with Crippen LogP contribution in [0, 0.1) is 24.0 Å². The number of hydrogen-bond donors (Lipinski definition) is 1. The molecule has 0 aromatic heterocycles. The topological polar surface area (TPSA) is 78.4 Å². The first-order chi connectivity index (χ1) is 8.99. The van der Waals surface area contributed by atoms with E-state index in [1.54, 1.807) is 37.3 Å². The van der Waals surface area contributed by atoms with Gasteiger partial charge in [0.2, 0.25) is 0 Å². The molecule has 2 N–H and O–H groups in total. The molecule has 0 fully saturated rings. The van der Waals surface area contributed by atoms with Gasteiger partial charge in [-0.1, -0.05) is 6.07 Å². The van der Waals surface area contributed by atoms with E-state index in [0.717, 1.165) is 5.56 Å². The number of ether oxygens (including phenoxy) is 1. The molecule has 0 atom stereocenters. The van der Waals surface area contributed by atoms with Crippen LogP contribution in [0.5, 0.6) is 11.5 Å². The zero-order chi connectivity index (χ0) is 14.0. The normalized spacial score (nSPS) is 10.2. The number of aryl methyl sites for hydroxylation is 1. The van der Waals surface area contributed by atoms with Gasteiger partial charge in [0.05, 0.1) is 10.5 Å². The van der Waals surface area contributed by atoms with E-state index in [4.69, 9.17) is 10.5 Å². The van der Waals surface area contributed by atoms with Crippen LogP contribution in [0.3, 0.4) is 0 Å². The van der Waals surface area contributed by atoms with Crippen molar-refractivity contribution in [1.82, 2.24) is 0 Å². The van der Waals surface area contributed by atoms with Gasteiger partial charge in [0.15, 0.2) is 0 Å². The Kier molecular flexibility index (Phi) is 3.37. The maximum Gasteiger partial charge on any atom is 0.276 e. The molecule has 0 radical (unpaired) electrons. The molecule has 19 heavy (non-hydrogen) atoms. The highest BCUT2D eigenvalue weighted by molar-refractivity contribution is 5.52. The fourth-order valence-electron chi connectivity index (χ4n) is 1.82. The molecule has 0 amide bonds. The Labute approximate surface area is 110 Å². The van der Waals surface area contributed by atoms with Crippen molar-refractivity contribution in [2.45, 2.75) is 13.8 Å². The molecule has 0 spiro atoms. The van der Waals surface area contributed by atoms with Crippen LogP contribution < -0.4 is 10.5 Å². The largest absolute Gasteiger partial charge is 0.457 e. The third kappa shape index (κ3) is 2.65. The zero-order valence-electron chi connectivity index (χ0n) is 10.7. The van der Waals surface area contributed by atoms with Gasteiger partial charge in [0.1, 0.15) is 11.5 Å². The number of anilines is 1. The molecule has 0 saturated carbocycles. The van der Waals surface area contributed by atoms with Gasteiger partial charge in [-0.25, -0.2) is 0 Å². The lowest BCUT2D eigenvalue weighted by molar-refractivity contribution is -0.385. The second-order valence-corrected chi connectivity index (χ2v) is 4.28. The minimum Gasteiger partial charge on any atom is -0.457 e. The summed E-state index contributed by atoms with van der Waals surface area (Å²) in [5, 5.41) is 10.9. The van der Waals surface area contributed by atoms with Crippen LogP contribution in [0.25, 0.3) is 0 Å². The molecule has 0 unspecified atom stereocenters. The Hall–Kier alpha value is -2.56. The Balaban J connectivity index is 2.38. The van der Waals surface area contributed by atoms with Crippen molar-refractivity contribution >= 4 is 11.4 Å². The quantitative estimate of drug-likeness (QED) is 0.518. The number of benzene rings is 2. The third-order valence-electron chi connectivity index (χ3n) is 2.87. The van der Waals surface area contributed by atoms with E-state index in [-0.39, 0.29) is 5.69 Å². The first kappa shape index (κ1) is 12.9. The van der Waals surface area contributed by atoms with E-state index < -0.39 is 4.92 Å². The predicted molar refractivity (Wildman–Crippen MR) is 73.5 cm³/mol. The summed E-state index contributed by atoms with van der Waals surface area (Å²) in [6.45, 7) is 3.54. The highest BCUT2D eigenvalue weighted by Gasteiger charge is 2.15. The first-order valence-electron chi connectivity index (χ1n) is 5.77. The maximum absolute atomic E-state index is 10.9. The molecular weight excluding hydrogens is 244 g/mol. The second-order valence-electron chi connectivity index (χ2n) is 4.28. The minimum absolute atomic E-state index is 0.0469. The first-order valence-corrected chi connectivity index (χ1v) is 5.77. The van der Waals surface area contributed by atoms with Gasteiger partial charge in [0, 0.05) is 11.8 Å². The number of nitrogen functional groups attached to an aromatic ring is 1. The summed E-state index contributed by atoms with van der Waals surface area (Å²) < 4.78 is 5.73. The van der Waals surface area contributed by atoms with Crippen LogP contribution in [0.15, 0.2) is 36.4 Å². The van der Waals surface area contributed by atoms with Crippen molar-refractivity contribution in [2.75, 3.05) is 5.73 Å². The summed E-state index contributed by atoms with van der Waals surface area (Å²) in [5.74, 6) is 1.11. The second kappa shape index (κ2) is 4.97. The van der Waals surface area contributed by atoms with Gasteiger partial charge in [-0.3, -0.25) is 10.1 Å². The molecule has 0 heterocycles. The number of hydrogen-bond acceptors (Lipinski definition) is 4. The monoisotopic (exact) mass is 258 g/mol. The Morgan fingerprint density at radius 2 is 1.89 bits per heavy atom. The van der Waals surface area contributed by atoms with Crippen LogP contribution >= 0.6 is 0 Å². The molecule has 5 nitrogen and oxygen atoms in total. The van der Waals surface area contributed by atoms with E-state index in [1.807, 2.05) is 6.92 Å². The van der Waals surface area contributed by atoms with Gasteiger partial charge in [-0.2, -0.15) is 0 Å². The Bertz CT molecular complexity index is 639. The summed E-state index contributed by atoms with van der Waals surface area (Å²) in [4.78, 5) is 10.5. The predicted octanol–water partition coefficient (Wildman–Crippen LogP) is 3.59. The molecule has 2 aromatic rings. The lowest BCUT2D eigenvalue weighted by Gasteiger charge is -2.11. The lowest BCUT2D eigenvalue weighted by atomic mass is 10.1. The van der Waals surface area contributed by atoms with Crippen molar-refractivity contribution in [3.63, 3.8) is 0 Å². The molecule has 0 bridgehead atoms. The molecule has 0 aliphatic carbocycles. The Morgan fingerprint density at radius 3 is 2.53 bits per heavy atom. The fraction of sp³-hybridized carbons (Fsp3) is 0.143. The van der Waals surface area contributed by atoms with Crippen molar-refractivity contribution in [2.24, 2.45) is 0 Å². The van der Waals surface area contributed by atoms with Crippen molar-refractivity contribution in [3.05, 3.63) is 57.6 Å². The van der Waals surface area contributed by atoms with Crippen molar-refractivity contribution < 1.29 is 9.66 Å². The third-order valence-corrected chi connectivity index (χ3v) is 2.87. The average Bonchev–Trinajstić information content (AvgIpc) is 2.34. The van der Waals surface area contributed by atoms with Crippen molar-refractivity contribution in [1.29, 1.82) is 0 Å². The van der Waals surface area contributed by atoms with Gasteiger partial charge >= 0.3 is 0 Å². The number of nitro benzene ring substituents is 1. The standard InChI is InChI=1S/C14H14N2O3/c1-9-8-11(15)6-7-13(9)19-14-5-3-4-12(10(14)2)16(17)18/h3-8H,15H2,1-2H3. The van der Waals surface area contributed by atoms with E-state index >= 15 is 0 Å². The van der Waals surface area contributed by atoms with Crippen LogP contribution in [0.1, 0.15) is 11.1 Å². The minimum atomic E-state index is -0.419. The molecule has 0 aliphatic heterocycles. The maximum atomic E-state index is 10.9. The molecule has 5 heteroatoms. The van der Waals surface area contributed by atoms with Crippen LogP contribution in [-0.4, -0.2) is 4.92 Å². The number of nitrogens with two attached hydrogens (primary N) is 1.